The minimum Gasteiger partial charge on any atom is -0.374 e. The van der Waals surface area contributed by atoms with Crippen LogP contribution in [0, 0.1) is 0 Å². The van der Waals surface area contributed by atoms with Gasteiger partial charge in [-0.3, -0.25) is 0 Å². The molecule has 0 saturated heterocycles. The van der Waals surface area contributed by atoms with Crippen molar-refractivity contribution in [3.8, 4) is 0 Å². The Morgan fingerprint density at radius 1 is 1.06 bits per heavy atom. The van der Waals surface area contributed by atoms with Crippen molar-refractivity contribution in [2.24, 2.45) is 0 Å². The minimum absolute atomic E-state index is 0.358. The lowest BCUT2D eigenvalue weighted by molar-refractivity contribution is -0.0639. The lowest BCUT2D eigenvalue weighted by Gasteiger charge is -2.12. The normalized spacial score (nSPS) is 10.2. The largest absolute Gasteiger partial charge is 0.374 e. The van der Waals surface area contributed by atoms with Gasteiger partial charge in [-0.25, -0.2) is 8.78 Å². The van der Waals surface area contributed by atoms with Crippen molar-refractivity contribution >= 4 is 0 Å². The molecule has 0 radical (unpaired) electrons. The highest BCUT2D eigenvalue weighted by atomic mass is 19.3. The molecule has 0 aromatic heterocycles. The van der Waals surface area contributed by atoms with Crippen LogP contribution in [0.5, 0.6) is 0 Å². The van der Waals surface area contributed by atoms with Gasteiger partial charge in [0, 0.05) is 13.5 Å². The fraction of sp³-hybridized carbons (Fsp3) is 1.00. The van der Waals surface area contributed by atoms with E-state index in [1.807, 2.05) is 32.8 Å². The molecule has 0 bridgehead atoms. The molecule has 0 saturated carbocycles. The van der Waals surface area contributed by atoms with Crippen molar-refractivity contribution in [3.05, 3.63) is 0 Å². The third kappa shape index (κ3) is 38.9. The van der Waals surface area contributed by atoms with Crippen LogP contribution in [-0.4, -0.2) is 44.7 Å². The highest BCUT2D eigenvalue weighted by Gasteiger charge is 2.20. The van der Waals surface area contributed by atoms with Crippen LogP contribution in [-0.2, 0) is 4.74 Å². The summed E-state index contributed by atoms with van der Waals surface area (Å²) in [6, 6.07) is 0. The first-order valence-corrected chi connectivity index (χ1v) is 6.43. The first-order valence-electron chi connectivity index (χ1n) is 6.43. The molecule has 0 aromatic carbocycles. The molecular weight excluding hydrogens is 224 g/mol. The van der Waals surface area contributed by atoms with E-state index in [9.17, 15) is 8.78 Å². The van der Waals surface area contributed by atoms with E-state index in [0.29, 0.717) is 13.2 Å². The monoisotopic (exact) mass is 255 g/mol. The molecular formula is C13H31F2NO. The molecule has 2 nitrogen and oxygen atoms in total. The Morgan fingerprint density at radius 3 is 1.71 bits per heavy atom. The summed E-state index contributed by atoms with van der Waals surface area (Å²) in [5, 5.41) is 0. The van der Waals surface area contributed by atoms with Gasteiger partial charge in [0.25, 0.3) is 5.92 Å². The predicted octanol–water partition coefficient (Wildman–Crippen LogP) is 4.05. The summed E-state index contributed by atoms with van der Waals surface area (Å²) in [6.07, 6.45) is 2.64. The van der Waals surface area contributed by atoms with Crippen LogP contribution < -0.4 is 0 Å². The molecule has 0 fully saturated rings. The number of likely N-dealkylation sites (N-methyl/N-ethyl adjacent to an activating group) is 1. The van der Waals surface area contributed by atoms with Gasteiger partial charge >= 0.3 is 0 Å². The first-order chi connectivity index (χ1) is 7.83. The number of nitrogens with zero attached hydrogens (tertiary/aromatic N) is 1. The standard InChI is InChI=1S/C7H15F2NO.C4H10.C2H6/c1-7(8,9)6-11-5-4-10(2)3;1-3-4-2;1-2/h4-6H2,1-3H3;3-4H2,1-2H3;1-2H3. The molecule has 0 aliphatic rings. The molecule has 4 heteroatoms. The zero-order valence-electron chi connectivity index (χ0n) is 12.6. The molecule has 0 unspecified atom stereocenters. The smallest absolute Gasteiger partial charge is 0.268 e. The number of halogens is 2. The third-order valence-corrected chi connectivity index (χ3v) is 1.54. The Bertz CT molecular complexity index is 123. The number of hydrogen-bond acceptors (Lipinski definition) is 2. The highest BCUT2D eigenvalue weighted by molar-refractivity contribution is 4.54. The maximum absolute atomic E-state index is 12.1. The fourth-order valence-electron chi connectivity index (χ4n) is 0.499. The second-order valence-electron chi connectivity index (χ2n) is 3.93. The van der Waals surface area contributed by atoms with E-state index in [1.54, 1.807) is 0 Å². The molecule has 0 heterocycles. The summed E-state index contributed by atoms with van der Waals surface area (Å²) in [5.74, 6) is -2.70. The Balaban J connectivity index is -0.000000275. The Hall–Kier alpha value is -0.220. The Labute approximate surface area is 106 Å². The molecule has 0 aliphatic heterocycles. The maximum Gasteiger partial charge on any atom is 0.268 e. The number of rotatable bonds is 6. The van der Waals surface area contributed by atoms with Gasteiger partial charge in [-0.05, 0) is 14.1 Å². The van der Waals surface area contributed by atoms with Crippen molar-refractivity contribution in [3.63, 3.8) is 0 Å². The molecule has 0 atom stereocenters. The SMILES string of the molecule is CC.CCCC.CN(C)CCOCC(C)(F)F. The van der Waals surface area contributed by atoms with Gasteiger partial charge in [0.15, 0.2) is 0 Å². The van der Waals surface area contributed by atoms with Gasteiger partial charge in [-0.1, -0.05) is 40.5 Å². The molecule has 17 heavy (non-hydrogen) atoms. The Morgan fingerprint density at radius 2 is 1.47 bits per heavy atom. The van der Waals surface area contributed by atoms with Crippen molar-refractivity contribution in [2.45, 2.75) is 53.4 Å². The van der Waals surface area contributed by atoms with Crippen LogP contribution in [0.2, 0.25) is 0 Å². The van der Waals surface area contributed by atoms with Gasteiger partial charge < -0.3 is 9.64 Å². The summed E-state index contributed by atoms with van der Waals surface area (Å²) in [5.41, 5.74) is 0. The molecule has 0 spiro atoms. The lowest BCUT2D eigenvalue weighted by Crippen LogP contribution is -2.23. The van der Waals surface area contributed by atoms with Crippen molar-refractivity contribution < 1.29 is 13.5 Å². The van der Waals surface area contributed by atoms with E-state index in [2.05, 4.69) is 13.8 Å². The van der Waals surface area contributed by atoms with E-state index >= 15 is 0 Å². The van der Waals surface area contributed by atoms with E-state index in [-0.39, 0.29) is 0 Å². The maximum atomic E-state index is 12.1. The van der Waals surface area contributed by atoms with E-state index in [1.165, 1.54) is 12.8 Å². The summed E-state index contributed by atoms with van der Waals surface area (Å²) in [7, 11) is 3.74. The van der Waals surface area contributed by atoms with Crippen molar-refractivity contribution in [1.82, 2.24) is 4.90 Å². The van der Waals surface area contributed by atoms with Crippen LogP contribution in [0.3, 0.4) is 0 Å². The summed E-state index contributed by atoms with van der Waals surface area (Å²) in [6.45, 7) is 9.76. The molecule has 0 rings (SSSR count). The summed E-state index contributed by atoms with van der Waals surface area (Å²) >= 11 is 0. The summed E-state index contributed by atoms with van der Waals surface area (Å²) in [4.78, 5) is 1.88. The van der Waals surface area contributed by atoms with Gasteiger partial charge in [-0.2, -0.15) is 0 Å². The summed E-state index contributed by atoms with van der Waals surface area (Å²) < 4.78 is 28.9. The topological polar surface area (TPSA) is 12.5 Å². The van der Waals surface area contributed by atoms with Crippen LogP contribution >= 0.6 is 0 Å². The second kappa shape index (κ2) is 15.8. The zero-order valence-corrected chi connectivity index (χ0v) is 12.6. The van der Waals surface area contributed by atoms with Gasteiger partial charge in [0.2, 0.25) is 0 Å². The molecule has 0 aromatic rings. The van der Waals surface area contributed by atoms with Crippen molar-refractivity contribution in [2.75, 3.05) is 33.9 Å². The van der Waals surface area contributed by atoms with E-state index in [4.69, 9.17) is 4.74 Å². The Kier molecular flexibility index (Phi) is 20.4. The number of alkyl halides is 2. The van der Waals surface area contributed by atoms with Gasteiger partial charge in [0.05, 0.1) is 6.61 Å². The van der Waals surface area contributed by atoms with E-state index in [0.717, 1.165) is 6.92 Å². The first kappa shape index (κ1) is 22.0. The number of ether oxygens (including phenoxy) is 1. The van der Waals surface area contributed by atoms with Gasteiger partial charge in [-0.15, -0.1) is 0 Å². The molecule has 0 aliphatic carbocycles. The third-order valence-electron chi connectivity index (χ3n) is 1.54. The molecule has 0 amide bonds. The van der Waals surface area contributed by atoms with Gasteiger partial charge in [0.1, 0.15) is 6.61 Å². The average molecular weight is 255 g/mol. The fourth-order valence-corrected chi connectivity index (χ4v) is 0.499. The number of unbranched alkanes of at least 4 members (excludes halogenated alkanes) is 1. The highest BCUT2D eigenvalue weighted by Crippen LogP contribution is 2.10. The van der Waals surface area contributed by atoms with Crippen LogP contribution in [0.25, 0.3) is 0 Å². The quantitative estimate of drug-likeness (QED) is 0.664. The lowest BCUT2D eigenvalue weighted by atomic mass is 10.4. The van der Waals surface area contributed by atoms with Crippen molar-refractivity contribution in [1.29, 1.82) is 0 Å². The molecule has 0 N–H and O–H groups in total. The van der Waals surface area contributed by atoms with Crippen LogP contribution in [0.15, 0.2) is 0 Å². The van der Waals surface area contributed by atoms with Crippen LogP contribution in [0.4, 0.5) is 8.78 Å². The number of hydrogen-bond donors (Lipinski definition) is 0. The second-order valence-corrected chi connectivity index (χ2v) is 3.93. The molecule has 108 valence electrons. The minimum atomic E-state index is -2.70. The zero-order chi connectivity index (χ0) is 14.3. The van der Waals surface area contributed by atoms with Crippen LogP contribution in [0.1, 0.15) is 47.5 Å². The average Bonchev–Trinajstić information content (AvgIpc) is 2.26. The predicted molar refractivity (Wildman–Crippen MR) is 71.9 cm³/mol. The van der Waals surface area contributed by atoms with E-state index < -0.39 is 12.5 Å².